The number of pyridine rings is 2. The van der Waals surface area contributed by atoms with E-state index in [1.54, 1.807) is 4.90 Å². The summed E-state index contributed by atoms with van der Waals surface area (Å²) in [5.74, 6) is 3.30. The number of hydrogen-bond acceptors (Lipinski definition) is 7. The molecule has 3 aromatic rings. The van der Waals surface area contributed by atoms with E-state index >= 15 is 0 Å². The predicted octanol–water partition coefficient (Wildman–Crippen LogP) is 2.55. The molecule has 1 fully saturated rings. The van der Waals surface area contributed by atoms with Gasteiger partial charge in [0.25, 0.3) is 5.91 Å². The smallest absolute Gasteiger partial charge is 0.260 e. The zero-order chi connectivity index (χ0) is 22.5. The lowest BCUT2D eigenvalue weighted by atomic mass is 10.1. The maximum atomic E-state index is 13.6. The number of rotatable bonds is 5. The molecule has 9 nitrogen and oxygen atoms in total. The summed E-state index contributed by atoms with van der Waals surface area (Å²) >= 11 is 0. The fourth-order valence-corrected chi connectivity index (χ4v) is 5.31. The summed E-state index contributed by atoms with van der Waals surface area (Å²) in [6.45, 7) is 5.22. The SMILES string of the molecule is CNCc1nc(N2CCCC2C)cc2c1CN(c1cccc(-c3nnc4n3CCC4)n1)C2=O. The van der Waals surface area contributed by atoms with E-state index < -0.39 is 0 Å². The lowest BCUT2D eigenvalue weighted by Crippen LogP contribution is -2.28. The van der Waals surface area contributed by atoms with Crippen LogP contribution in [-0.4, -0.2) is 50.3 Å². The number of amides is 1. The topological polar surface area (TPSA) is 92.1 Å². The first-order valence-electron chi connectivity index (χ1n) is 11.8. The zero-order valence-corrected chi connectivity index (χ0v) is 19.1. The van der Waals surface area contributed by atoms with Gasteiger partial charge in [0, 0.05) is 37.7 Å². The lowest BCUT2D eigenvalue weighted by molar-refractivity contribution is 0.0996. The highest BCUT2D eigenvalue weighted by Crippen LogP contribution is 2.34. The summed E-state index contributed by atoms with van der Waals surface area (Å²) in [6, 6.07) is 8.19. The fourth-order valence-electron chi connectivity index (χ4n) is 5.31. The number of aryl methyl sites for hydroxylation is 1. The maximum absolute atomic E-state index is 13.6. The summed E-state index contributed by atoms with van der Waals surface area (Å²) in [7, 11) is 1.91. The van der Waals surface area contributed by atoms with Gasteiger partial charge in [0.15, 0.2) is 5.82 Å². The molecule has 0 aromatic carbocycles. The van der Waals surface area contributed by atoms with Crippen LogP contribution in [0.4, 0.5) is 11.6 Å². The summed E-state index contributed by atoms with van der Waals surface area (Å²) in [4.78, 5) is 27.5. The van der Waals surface area contributed by atoms with Gasteiger partial charge in [-0.15, -0.1) is 10.2 Å². The second kappa shape index (κ2) is 7.91. The van der Waals surface area contributed by atoms with Crippen molar-refractivity contribution in [2.45, 2.75) is 58.3 Å². The number of nitrogens with one attached hydrogen (secondary N) is 1. The van der Waals surface area contributed by atoms with Crippen molar-refractivity contribution in [3.05, 3.63) is 46.9 Å². The van der Waals surface area contributed by atoms with Crippen molar-refractivity contribution < 1.29 is 4.79 Å². The van der Waals surface area contributed by atoms with E-state index in [0.29, 0.717) is 24.9 Å². The van der Waals surface area contributed by atoms with Crippen LogP contribution in [0.15, 0.2) is 24.3 Å². The zero-order valence-electron chi connectivity index (χ0n) is 19.1. The van der Waals surface area contributed by atoms with Crippen molar-refractivity contribution in [2.75, 3.05) is 23.4 Å². The summed E-state index contributed by atoms with van der Waals surface area (Å²) in [6.07, 6.45) is 4.34. The number of hydrogen-bond donors (Lipinski definition) is 1. The van der Waals surface area contributed by atoms with Crippen LogP contribution in [0.3, 0.4) is 0 Å². The molecular formula is C24H28N8O. The molecular weight excluding hydrogens is 416 g/mol. The van der Waals surface area contributed by atoms with Gasteiger partial charge >= 0.3 is 0 Å². The second-order valence-electron chi connectivity index (χ2n) is 9.14. The van der Waals surface area contributed by atoms with Gasteiger partial charge in [-0.2, -0.15) is 0 Å². The van der Waals surface area contributed by atoms with Crippen LogP contribution in [0.2, 0.25) is 0 Å². The quantitative estimate of drug-likeness (QED) is 0.647. The molecule has 6 rings (SSSR count). The van der Waals surface area contributed by atoms with Crippen LogP contribution in [0, 0.1) is 0 Å². The Morgan fingerprint density at radius 1 is 1.12 bits per heavy atom. The lowest BCUT2D eigenvalue weighted by Gasteiger charge is -2.24. The Morgan fingerprint density at radius 2 is 2.03 bits per heavy atom. The summed E-state index contributed by atoms with van der Waals surface area (Å²) < 4.78 is 2.13. The first kappa shape index (κ1) is 20.3. The molecule has 3 aromatic heterocycles. The molecule has 33 heavy (non-hydrogen) atoms. The Bertz CT molecular complexity index is 1240. The third-order valence-electron chi connectivity index (χ3n) is 7.03. The summed E-state index contributed by atoms with van der Waals surface area (Å²) in [5, 5.41) is 11.9. The van der Waals surface area contributed by atoms with E-state index in [2.05, 4.69) is 31.9 Å². The van der Waals surface area contributed by atoms with Crippen molar-refractivity contribution in [3.8, 4) is 11.5 Å². The average Bonchev–Trinajstić information content (AvgIpc) is 3.59. The first-order chi connectivity index (χ1) is 16.1. The monoisotopic (exact) mass is 444 g/mol. The standard InChI is InChI=1S/C24H28N8O/c1-15-6-4-10-30(15)22-12-16-17(19(27-22)13-25-2)14-32(24(16)33)20-8-3-7-18(26-20)23-29-28-21-9-5-11-31(21)23/h3,7-8,12,15,25H,4-6,9-11,13-14H2,1-2H3. The van der Waals surface area contributed by atoms with Gasteiger partial charge < -0.3 is 14.8 Å². The first-order valence-corrected chi connectivity index (χ1v) is 11.8. The molecule has 3 aliphatic rings. The van der Waals surface area contributed by atoms with Gasteiger partial charge in [0.05, 0.1) is 17.8 Å². The molecule has 9 heteroatoms. The normalized spacial score (nSPS) is 19.5. The molecule has 6 heterocycles. The average molecular weight is 445 g/mol. The molecule has 0 radical (unpaired) electrons. The molecule has 1 saturated heterocycles. The molecule has 0 spiro atoms. The molecule has 0 saturated carbocycles. The van der Waals surface area contributed by atoms with Crippen molar-refractivity contribution in [3.63, 3.8) is 0 Å². The van der Waals surface area contributed by atoms with Gasteiger partial charge in [-0.3, -0.25) is 9.69 Å². The van der Waals surface area contributed by atoms with Crippen molar-refractivity contribution >= 4 is 17.5 Å². The van der Waals surface area contributed by atoms with Crippen LogP contribution in [-0.2, 0) is 26.1 Å². The molecule has 1 amide bonds. The van der Waals surface area contributed by atoms with E-state index in [-0.39, 0.29) is 5.91 Å². The minimum Gasteiger partial charge on any atom is -0.354 e. The highest BCUT2D eigenvalue weighted by Gasteiger charge is 2.34. The van der Waals surface area contributed by atoms with Gasteiger partial charge in [-0.25, -0.2) is 9.97 Å². The van der Waals surface area contributed by atoms with Gasteiger partial charge in [-0.05, 0) is 51.4 Å². The number of nitrogens with zero attached hydrogens (tertiary/aromatic N) is 7. The van der Waals surface area contributed by atoms with Crippen molar-refractivity contribution in [2.24, 2.45) is 0 Å². The third kappa shape index (κ3) is 3.30. The van der Waals surface area contributed by atoms with Crippen molar-refractivity contribution in [1.29, 1.82) is 0 Å². The molecule has 1 N–H and O–H groups in total. The number of anilines is 2. The van der Waals surface area contributed by atoms with Crippen LogP contribution in [0.25, 0.3) is 11.5 Å². The fraction of sp³-hybridized carbons (Fsp3) is 0.458. The van der Waals surface area contributed by atoms with E-state index in [1.165, 1.54) is 0 Å². The Hall–Kier alpha value is -3.33. The second-order valence-corrected chi connectivity index (χ2v) is 9.14. The van der Waals surface area contributed by atoms with Gasteiger partial charge in [0.1, 0.15) is 23.2 Å². The Labute approximate surface area is 192 Å². The molecule has 1 atom stereocenters. The Balaban J connectivity index is 1.36. The number of fused-ring (bicyclic) bond motifs is 2. The van der Waals surface area contributed by atoms with E-state index in [1.807, 2.05) is 31.3 Å². The highest BCUT2D eigenvalue weighted by molar-refractivity contribution is 6.10. The molecule has 3 aliphatic heterocycles. The number of carbonyl (C=O) groups excluding carboxylic acids is 1. The molecule has 0 aliphatic carbocycles. The molecule has 170 valence electrons. The molecule has 1 unspecified atom stereocenters. The van der Waals surface area contributed by atoms with Crippen LogP contribution >= 0.6 is 0 Å². The maximum Gasteiger partial charge on any atom is 0.260 e. The predicted molar refractivity (Wildman–Crippen MR) is 125 cm³/mol. The number of aromatic nitrogens is 5. The minimum atomic E-state index is -0.0195. The Kier molecular flexibility index (Phi) is 4.86. The third-order valence-corrected chi connectivity index (χ3v) is 7.03. The van der Waals surface area contributed by atoms with E-state index in [0.717, 1.165) is 78.8 Å². The number of carbonyl (C=O) groups is 1. The van der Waals surface area contributed by atoms with E-state index in [9.17, 15) is 4.79 Å². The largest absolute Gasteiger partial charge is 0.354 e. The van der Waals surface area contributed by atoms with Crippen LogP contribution in [0.1, 0.15) is 53.6 Å². The Morgan fingerprint density at radius 3 is 2.85 bits per heavy atom. The molecule has 0 bridgehead atoms. The van der Waals surface area contributed by atoms with Crippen LogP contribution in [0.5, 0.6) is 0 Å². The van der Waals surface area contributed by atoms with E-state index in [4.69, 9.17) is 9.97 Å². The summed E-state index contributed by atoms with van der Waals surface area (Å²) in [5.41, 5.74) is 3.41. The van der Waals surface area contributed by atoms with Gasteiger partial charge in [-0.1, -0.05) is 6.07 Å². The van der Waals surface area contributed by atoms with Gasteiger partial charge in [0.2, 0.25) is 0 Å². The minimum absolute atomic E-state index is 0.0195. The van der Waals surface area contributed by atoms with Crippen molar-refractivity contribution in [1.82, 2.24) is 30.0 Å². The van der Waals surface area contributed by atoms with Crippen LogP contribution < -0.4 is 15.1 Å². The highest BCUT2D eigenvalue weighted by atomic mass is 16.2.